The first-order chi connectivity index (χ1) is 18.0. The van der Waals surface area contributed by atoms with Crippen molar-refractivity contribution in [1.82, 2.24) is 14.3 Å². The Balaban J connectivity index is 1.45. The van der Waals surface area contributed by atoms with E-state index < -0.39 is 0 Å². The lowest BCUT2D eigenvalue weighted by Gasteiger charge is -2.36. The largest absolute Gasteiger partial charge is 0.508 e. The molecule has 3 heterocycles. The summed E-state index contributed by atoms with van der Waals surface area (Å²) in [5, 5.41) is 33.2. The van der Waals surface area contributed by atoms with Crippen molar-refractivity contribution in [2.24, 2.45) is 0 Å². The van der Waals surface area contributed by atoms with Crippen LogP contribution in [0.2, 0.25) is 5.02 Å². The number of aromatic hydroxyl groups is 1. The molecule has 5 rings (SSSR count). The SMILES string of the molecule is CCc1c(Nc2cc(CO)cc(N3CCN(CCO)CC3)c2)nc2ccc(-c3cc(O)ccc3Cl)cn12. The molecule has 0 aliphatic carbocycles. The van der Waals surface area contributed by atoms with Gasteiger partial charge >= 0.3 is 0 Å². The van der Waals surface area contributed by atoms with E-state index in [1.54, 1.807) is 18.2 Å². The number of hydrogen-bond acceptors (Lipinski definition) is 7. The standard InChI is InChI=1S/C28H32ClN5O3/c1-2-26-28(31-27-6-3-20(17-34(26)27)24-16-23(37)4-5-25(24)29)30-21-13-19(18-36)14-22(15-21)33-9-7-32(8-10-33)11-12-35/h3-6,13-17,30,35-37H,2,7-12,18H2,1H3. The van der Waals surface area contributed by atoms with Crippen molar-refractivity contribution in [2.75, 3.05) is 49.5 Å². The Morgan fingerprint density at radius 3 is 2.54 bits per heavy atom. The number of imidazole rings is 1. The first kappa shape index (κ1) is 25.4. The lowest BCUT2D eigenvalue weighted by atomic mass is 10.1. The normalized spacial score (nSPS) is 14.4. The lowest BCUT2D eigenvalue weighted by molar-refractivity contribution is 0.189. The fraction of sp³-hybridized carbons (Fsp3) is 0.321. The first-order valence-corrected chi connectivity index (χ1v) is 13.0. The van der Waals surface area contributed by atoms with E-state index in [2.05, 4.69) is 32.5 Å². The summed E-state index contributed by atoms with van der Waals surface area (Å²) in [5.41, 5.74) is 6.22. The second kappa shape index (κ2) is 11.0. The van der Waals surface area contributed by atoms with Gasteiger partial charge in [0.25, 0.3) is 0 Å². The number of halogens is 1. The summed E-state index contributed by atoms with van der Waals surface area (Å²) in [6, 6.07) is 14.9. The van der Waals surface area contributed by atoms with Gasteiger partial charge in [-0.3, -0.25) is 4.90 Å². The minimum atomic E-state index is -0.0488. The van der Waals surface area contributed by atoms with E-state index in [0.717, 1.165) is 77.8 Å². The summed E-state index contributed by atoms with van der Waals surface area (Å²) in [7, 11) is 0. The van der Waals surface area contributed by atoms with E-state index >= 15 is 0 Å². The molecule has 194 valence electrons. The fourth-order valence-electron chi connectivity index (χ4n) is 4.95. The van der Waals surface area contributed by atoms with E-state index in [4.69, 9.17) is 16.6 Å². The molecule has 2 aromatic carbocycles. The molecule has 8 nitrogen and oxygen atoms in total. The van der Waals surface area contributed by atoms with Crippen LogP contribution in [0.4, 0.5) is 17.2 Å². The third kappa shape index (κ3) is 5.38. The summed E-state index contributed by atoms with van der Waals surface area (Å²) in [6.07, 6.45) is 2.74. The number of anilines is 3. The Morgan fingerprint density at radius 1 is 1.00 bits per heavy atom. The van der Waals surface area contributed by atoms with Gasteiger partial charge in [-0.15, -0.1) is 0 Å². The highest BCUT2D eigenvalue weighted by atomic mass is 35.5. The molecule has 4 N–H and O–H groups in total. The summed E-state index contributed by atoms with van der Waals surface area (Å²) in [4.78, 5) is 9.42. The molecule has 1 aliphatic heterocycles. The van der Waals surface area contributed by atoms with Gasteiger partial charge in [0.05, 0.1) is 18.9 Å². The highest BCUT2D eigenvalue weighted by Gasteiger charge is 2.19. The van der Waals surface area contributed by atoms with Crippen molar-refractivity contribution in [1.29, 1.82) is 0 Å². The van der Waals surface area contributed by atoms with Crippen LogP contribution in [0.3, 0.4) is 0 Å². The molecule has 1 aliphatic rings. The van der Waals surface area contributed by atoms with Gasteiger partial charge in [0.2, 0.25) is 0 Å². The number of nitrogens with zero attached hydrogens (tertiary/aromatic N) is 4. The van der Waals surface area contributed by atoms with Gasteiger partial charge in [0.15, 0.2) is 5.82 Å². The van der Waals surface area contributed by atoms with Crippen molar-refractivity contribution in [3.05, 3.63) is 71.0 Å². The third-order valence-corrected chi connectivity index (χ3v) is 7.22. The van der Waals surface area contributed by atoms with Crippen molar-refractivity contribution in [3.8, 4) is 16.9 Å². The quantitative estimate of drug-likeness (QED) is 0.275. The molecule has 1 saturated heterocycles. The zero-order valence-electron chi connectivity index (χ0n) is 20.9. The number of phenolic OH excluding ortho intramolecular Hbond substituents is 1. The molecule has 2 aromatic heterocycles. The maximum absolute atomic E-state index is 9.96. The summed E-state index contributed by atoms with van der Waals surface area (Å²) < 4.78 is 2.05. The van der Waals surface area contributed by atoms with Gasteiger partial charge in [0, 0.05) is 66.4 Å². The van der Waals surface area contributed by atoms with Crippen molar-refractivity contribution < 1.29 is 15.3 Å². The number of benzene rings is 2. The number of hydrogen-bond donors (Lipinski definition) is 4. The molecule has 0 saturated carbocycles. The molecule has 0 atom stereocenters. The van der Waals surface area contributed by atoms with Crippen LogP contribution in [0.25, 0.3) is 16.8 Å². The van der Waals surface area contributed by atoms with Crippen LogP contribution in [-0.2, 0) is 13.0 Å². The van der Waals surface area contributed by atoms with Crippen molar-refractivity contribution in [3.63, 3.8) is 0 Å². The molecule has 1 fully saturated rings. The topological polar surface area (TPSA) is 96.5 Å². The second-order valence-electron chi connectivity index (χ2n) is 9.29. The fourth-order valence-corrected chi connectivity index (χ4v) is 5.18. The van der Waals surface area contributed by atoms with E-state index in [9.17, 15) is 15.3 Å². The molecular formula is C28H32ClN5O3. The zero-order chi connectivity index (χ0) is 25.9. The Kier molecular flexibility index (Phi) is 7.53. The first-order valence-electron chi connectivity index (χ1n) is 12.6. The summed E-state index contributed by atoms with van der Waals surface area (Å²) in [5.74, 6) is 0.924. The predicted octanol–water partition coefficient (Wildman–Crippen LogP) is 4.27. The Morgan fingerprint density at radius 2 is 1.81 bits per heavy atom. The number of aryl methyl sites for hydroxylation is 1. The summed E-state index contributed by atoms with van der Waals surface area (Å²) in [6.45, 7) is 6.43. The molecule has 4 aromatic rings. The molecule has 0 radical (unpaired) electrons. The molecule has 0 unspecified atom stereocenters. The molecule has 0 spiro atoms. The number of aliphatic hydroxyl groups excluding tert-OH is 2. The highest BCUT2D eigenvalue weighted by Crippen LogP contribution is 2.33. The van der Waals surface area contributed by atoms with Crippen LogP contribution in [0.1, 0.15) is 18.2 Å². The average Bonchev–Trinajstić information content (AvgIpc) is 3.26. The molecule has 0 amide bonds. The van der Waals surface area contributed by atoms with Crippen LogP contribution in [0, 0.1) is 0 Å². The minimum absolute atomic E-state index is 0.0488. The van der Waals surface area contributed by atoms with Crippen LogP contribution in [0.5, 0.6) is 5.75 Å². The van der Waals surface area contributed by atoms with Gasteiger partial charge < -0.3 is 29.9 Å². The number of phenols is 1. The van der Waals surface area contributed by atoms with Crippen LogP contribution in [0.15, 0.2) is 54.7 Å². The number of pyridine rings is 1. The zero-order valence-corrected chi connectivity index (χ0v) is 21.6. The van der Waals surface area contributed by atoms with Crippen LogP contribution < -0.4 is 10.2 Å². The van der Waals surface area contributed by atoms with Gasteiger partial charge in [0.1, 0.15) is 11.4 Å². The number of β-amino-alcohol motifs (C(OH)–C–C–N with tert-alkyl or cyclic N) is 1. The lowest BCUT2D eigenvalue weighted by Crippen LogP contribution is -2.47. The van der Waals surface area contributed by atoms with Gasteiger partial charge in [-0.1, -0.05) is 18.5 Å². The Bertz CT molecular complexity index is 1400. The third-order valence-electron chi connectivity index (χ3n) is 6.89. The molecule has 0 bridgehead atoms. The number of piperazine rings is 1. The van der Waals surface area contributed by atoms with E-state index in [0.29, 0.717) is 11.6 Å². The van der Waals surface area contributed by atoms with Gasteiger partial charge in [-0.05, 0) is 60.5 Å². The Hall–Kier alpha value is -3.30. The number of rotatable bonds is 8. The Labute approximate surface area is 221 Å². The average molecular weight is 522 g/mol. The molecule has 37 heavy (non-hydrogen) atoms. The maximum atomic E-state index is 9.96. The maximum Gasteiger partial charge on any atom is 0.152 e. The molecular weight excluding hydrogens is 490 g/mol. The van der Waals surface area contributed by atoms with Crippen LogP contribution >= 0.6 is 11.6 Å². The van der Waals surface area contributed by atoms with Gasteiger partial charge in [-0.25, -0.2) is 4.98 Å². The number of fused-ring (bicyclic) bond motifs is 1. The molecule has 9 heteroatoms. The predicted molar refractivity (Wildman–Crippen MR) is 148 cm³/mol. The highest BCUT2D eigenvalue weighted by molar-refractivity contribution is 6.33. The van der Waals surface area contributed by atoms with Gasteiger partial charge in [-0.2, -0.15) is 0 Å². The smallest absolute Gasteiger partial charge is 0.152 e. The second-order valence-corrected chi connectivity index (χ2v) is 9.70. The van der Waals surface area contributed by atoms with E-state index in [1.807, 2.05) is 30.5 Å². The van der Waals surface area contributed by atoms with E-state index in [-0.39, 0.29) is 19.0 Å². The van der Waals surface area contributed by atoms with E-state index in [1.165, 1.54) is 0 Å². The van der Waals surface area contributed by atoms with Crippen molar-refractivity contribution in [2.45, 2.75) is 20.0 Å². The number of aliphatic hydroxyl groups is 2. The summed E-state index contributed by atoms with van der Waals surface area (Å²) >= 11 is 6.41. The van der Waals surface area contributed by atoms with Crippen molar-refractivity contribution >= 4 is 34.4 Å². The monoisotopic (exact) mass is 521 g/mol. The minimum Gasteiger partial charge on any atom is -0.508 e. The van der Waals surface area contributed by atoms with Crippen LogP contribution in [-0.4, -0.2) is 68.9 Å². The number of nitrogens with one attached hydrogen (secondary N) is 1. The number of aromatic nitrogens is 2.